The van der Waals surface area contributed by atoms with Crippen LogP contribution in [-0.4, -0.2) is 38.2 Å². The Balaban J connectivity index is 1.81. The third-order valence-electron chi connectivity index (χ3n) is 4.91. The molecule has 154 valence electrons. The van der Waals surface area contributed by atoms with Crippen molar-refractivity contribution in [2.75, 3.05) is 17.8 Å². The average Bonchev–Trinajstić information content (AvgIpc) is 2.69. The minimum absolute atomic E-state index is 0.172. The zero-order valence-corrected chi connectivity index (χ0v) is 16.7. The summed E-state index contributed by atoms with van der Waals surface area (Å²) in [5.74, 6) is -1.78. The van der Waals surface area contributed by atoms with Gasteiger partial charge in [-0.1, -0.05) is 12.1 Å². The van der Waals surface area contributed by atoms with Crippen LogP contribution in [0, 0.1) is 18.7 Å². The highest BCUT2D eigenvalue weighted by molar-refractivity contribution is 7.92. The second-order valence-corrected chi connectivity index (χ2v) is 8.74. The molecule has 0 radical (unpaired) electrons. The summed E-state index contributed by atoms with van der Waals surface area (Å²) in [4.78, 5) is 25.6. The fraction of sp³-hybridized carbons (Fsp3) is 0.300. The summed E-state index contributed by atoms with van der Waals surface area (Å²) in [7, 11) is -4.03. The average molecular weight is 419 g/mol. The summed E-state index contributed by atoms with van der Waals surface area (Å²) in [6.07, 6.45) is 1.32. The van der Waals surface area contributed by atoms with E-state index in [2.05, 4.69) is 4.72 Å². The molecular formula is C20H22FN3O4S. The molecule has 3 N–H and O–H groups in total. The summed E-state index contributed by atoms with van der Waals surface area (Å²) in [5, 5.41) is 0. The molecule has 1 aliphatic heterocycles. The molecule has 2 aromatic carbocycles. The quantitative estimate of drug-likeness (QED) is 0.775. The van der Waals surface area contributed by atoms with Crippen LogP contribution in [0.15, 0.2) is 47.4 Å². The molecule has 0 aliphatic carbocycles. The van der Waals surface area contributed by atoms with Crippen molar-refractivity contribution >= 4 is 27.5 Å². The van der Waals surface area contributed by atoms with Gasteiger partial charge in [-0.2, -0.15) is 0 Å². The lowest BCUT2D eigenvalue weighted by molar-refractivity contribution is -0.123. The van der Waals surface area contributed by atoms with E-state index in [9.17, 15) is 22.4 Å². The second kappa shape index (κ2) is 8.20. The van der Waals surface area contributed by atoms with E-state index in [1.165, 1.54) is 24.3 Å². The number of carbonyl (C=O) groups is 2. The first-order chi connectivity index (χ1) is 13.7. The molecule has 0 bridgehead atoms. The lowest BCUT2D eigenvalue weighted by Gasteiger charge is -2.31. The van der Waals surface area contributed by atoms with Crippen LogP contribution in [-0.2, 0) is 14.8 Å². The number of hydrogen-bond acceptors (Lipinski definition) is 4. The van der Waals surface area contributed by atoms with Gasteiger partial charge in [0.2, 0.25) is 5.91 Å². The number of halogens is 1. The number of nitrogens with one attached hydrogen (secondary N) is 1. The molecule has 1 saturated heterocycles. The van der Waals surface area contributed by atoms with E-state index in [1.807, 2.05) is 0 Å². The normalized spacial score (nSPS) is 17.0. The van der Waals surface area contributed by atoms with Crippen LogP contribution < -0.4 is 10.5 Å². The number of primary amides is 1. The van der Waals surface area contributed by atoms with Gasteiger partial charge in [0, 0.05) is 24.3 Å². The number of nitrogens with zero attached hydrogens (tertiary/aromatic N) is 1. The number of rotatable bonds is 5. The number of benzene rings is 2. The van der Waals surface area contributed by atoms with E-state index >= 15 is 0 Å². The van der Waals surface area contributed by atoms with Crippen molar-refractivity contribution in [1.82, 2.24) is 4.90 Å². The third-order valence-corrected chi connectivity index (χ3v) is 6.44. The molecule has 2 aromatic rings. The minimum Gasteiger partial charge on any atom is -0.369 e. The Hall–Kier alpha value is -2.94. The van der Waals surface area contributed by atoms with Crippen LogP contribution >= 0.6 is 0 Å². The molecule has 29 heavy (non-hydrogen) atoms. The molecule has 9 heteroatoms. The monoisotopic (exact) mass is 419 g/mol. The Morgan fingerprint density at radius 1 is 1.21 bits per heavy atom. The van der Waals surface area contributed by atoms with Gasteiger partial charge in [-0.15, -0.1) is 0 Å². The van der Waals surface area contributed by atoms with Crippen molar-refractivity contribution in [3.63, 3.8) is 0 Å². The standard InChI is InChI=1S/C20H22FN3O4S/c1-13-7-8-16(21)11-18(13)29(27,28)23-17-6-2-4-14(10-17)20(26)24-9-3-5-15(12-24)19(22)25/h2,4,6-8,10-11,15,23H,3,5,9,12H2,1H3,(H2,22,25)/t15-/m1/s1. The van der Waals surface area contributed by atoms with Crippen LogP contribution in [0.1, 0.15) is 28.8 Å². The predicted molar refractivity (Wildman–Crippen MR) is 106 cm³/mol. The third kappa shape index (κ3) is 4.73. The molecule has 3 rings (SSSR count). The van der Waals surface area contributed by atoms with Crippen molar-refractivity contribution in [3.8, 4) is 0 Å². The first-order valence-corrected chi connectivity index (χ1v) is 10.6. The van der Waals surface area contributed by atoms with Crippen LogP contribution in [0.5, 0.6) is 0 Å². The highest BCUT2D eigenvalue weighted by atomic mass is 32.2. The largest absolute Gasteiger partial charge is 0.369 e. The summed E-state index contributed by atoms with van der Waals surface area (Å²) in [6, 6.07) is 9.57. The van der Waals surface area contributed by atoms with Gasteiger partial charge in [-0.3, -0.25) is 14.3 Å². The topological polar surface area (TPSA) is 110 Å². The number of sulfonamides is 1. The Labute approximate surface area is 168 Å². The Kier molecular flexibility index (Phi) is 5.88. The zero-order chi connectivity index (χ0) is 21.2. The highest BCUT2D eigenvalue weighted by Crippen LogP contribution is 2.23. The smallest absolute Gasteiger partial charge is 0.262 e. The lowest BCUT2D eigenvalue weighted by atomic mass is 9.97. The van der Waals surface area contributed by atoms with E-state index in [0.717, 1.165) is 6.07 Å². The number of anilines is 1. The van der Waals surface area contributed by atoms with Gasteiger partial charge in [0.05, 0.1) is 10.8 Å². The van der Waals surface area contributed by atoms with Gasteiger partial charge in [0.15, 0.2) is 0 Å². The Morgan fingerprint density at radius 2 is 1.97 bits per heavy atom. The van der Waals surface area contributed by atoms with Gasteiger partial charge in [-0.05, 0) is 55.7 Å². The number of carbonyl (C=O) groups excluding carboxylic acids is 2. The summed E-state index contributed by atoms with van der Waals surface area (Å²) in [6.45, 7) is 2.31. The first kappa shape index (κ1) is 20.8. The van der Waals surface area contributed by atoms with Crippen LogP contribution in [0.3, 0.4) is 0 Å². The van der Waals surface area contributed by atoms with Gasteiger partial charge in [-0.25, -0.2) is 12.8 Å². The Bertz CT molecular complexity index is 1060. The number of piperidine rings is 1. The molecule has 1 heterocycles. The van der Waals surface area contributed by atoms with E-state index in [1.54, 1.807) is 24.0 Å². The molecule has 0 saturated carbocycles. The molecule has 1 fully saturated rings. The predicted octanol–water partition coefficient (Wildman–Crippen LogP) is 2.27. The van der Waals surface area contributed by atoms with Crippen LogP contribution in [0.2, 0.25) is 0 Å². The summed E-state index contributed by atoms with van der Waals surface area (Å²) < 4.78 is 41.2. The number of aryl methyl sites for hydroxylation is 1. The lowest BCUT2D eigenvalue weighted by Crippen LogP contribution is -2.44. The summed E-state index contributed by atoms with van der Waals surface area (Å²) in [5.41, 5.74) is 6.23. The minimum atomic E-state index is -4.03. The molecular weight excluding hydrogens is 397 g/mol. The van der Waals surface area contributed by atoms with Gasteiger partial charge in [0.25, 0.3) is 15.9 Å². The van der Waals surface area contributed by atoms with Crippen molar-refractivity contribution in [2.24, 2.45) is 11.7 Å². The van der Waals surface area contributed by atoms with Crippen LogP contribution in [0.25, 0.3) is 0 Å². The van der Waals surface area contributed by atoms with E-state index in [-0.39, 0.29) is 34.5 Å². The molecule has 1 atom stereocenters. The molecule has 2 amide bonds. The maximum atomic E-state index is 13.5. The first-order valence-electron chi connectivity index (χ1n) is 9.15. The molecule has 7 nitrogen and oxygen atoms in total. The molecule has 0 aromatic heterocycles. The zero-order valence-electron chi connectivity index (χ0n) is 15.9. The van der Waals surface area contributed by atoms with Gasteiger partial charge < -0.3 is 10.6 Å². The number of nitrogens with two attached hydrogens (primary N) is 1. The number of amides is 2. The van der Waals surface area contributed by atoms with Gasteiger partial charge in [0.1, 0.15) is 5.82 Å². The maximum absolute atomic E-state index is 13.5. The summed E-state index contributed by atoms with van der Waals surface area (Å²) >= 11 is 0. The van der Waals surface area contributed by atoms with Crippen molar-refractivity contribution in [3.05, 3.63) is 59.4 Å². The molecule has 1 aliphatic rings. The fourth-order valence-electron chi connectivity index (χ4n) is 3.37. The fourth-order valence-corrected chi connectivity index (χ4v) is 4.67. The number of likely N-dealkylation sites (tertiary alicyclic amines) is 1. The van der Waals surface area contributed by atoms with E-state index in [4.69, 9.17) is 5.73 Å². The molecule has 0 spiro atoms. The van der Waals surface area contributed by atoms with E-state index in [0.29, 0.717) is 24.9 Å². The number of hydrogen-bond donors (Lipinski definition) is 2. The highest BCUT2D eigenvalue weighted by Gasteiger charge is 2.28. The van der Waals surface area contributed by atoms with E-state index < -0.39 is 21.7 Å². The van der Waals surface area contributed by atoms with Crippen molar-refractivity contribution in [1.29, 1.82) is 0 Å². The maximum Gasteiger partial charge on any atom is 0.262 e. The van der Waals surface area contributed by atoms with Crippen molar-refractivity contribution < 1.29 is 22.4 Å². The van der Waals surface area contributed by atoms with Gasteiger partial charge >= 0.3 is 0 Å². The van der Waals surface area contributed by atoms with Crippen molar-refractivity contribution in [2.45, 2.75) is 24.7 Å². The molecule has 0 unspecified atom stereocenters. The second-order valence-electron chi connectivity index (χ2n) is 7.09. The Morgan fingerprint density at radius 3 is 2.69 bits per heavy atom. The SMILES string of the molecule is Cc1ccc(F)cc1S(=O)(=O)Nc1cccc(C(=O)N2CCC[C@@H](C(N)=O)C2)c1. The van der Waals surface area contributed by atoms with Crippen LogP contribution in [0.4, 0.5) is 10.1 Å².